The number of aliphatic imine (C=N–C) groups is 1. The number of carbonyl (C=O) groups excluding carboxylic acids is 1. The Bertz CT molecular complexity index is 566. The van der Waals surface area contributed by atoms with E-state index in [9.17, 15) is 10.0 Å². The van der Waals surface area contributed by atoms with Crippen molar-refractivity contribution < 1.29 is 10.0 Å². The maximum Gasteiger partial charge on any atom is 0.321 e. The summed E-state index contributed by atoms with van der Waals surface area (Å²) in [6.45, 7) is 2.44. The number of rotatable bonds is 1. The lowest BCUT2D eigenvalue weighted by Gasteiger charge is -2.31. The molecular weight excluding hydrogens is 248 g/mol. The molecule has 1 saturated heterocycles. The summed E-state index contributed by atoms with van der Waals surface area (Å²) in [5.41, 5.74) is 4.74. The first kappa shape index (κ1) is 12.0. The van der Waals surface area contributed by atoms with Crippen LogP contribution in [0.5, 0.6) is 0 Å². The van der Waals surface area contributed by atoms with Gasteiger partial charge in [-0.1, -0.05) is 0 Å². The van der Waals surface area contributed by atoms with Gasteiger partial charge in [-0.15, -0.1) is 0 Å². The highest BCUT2D eigenvalue weighted by Crippen LogP contribution is 2.43. The smallest absolute Gasteiger partial charge is 0.317 e. The Morgan fingerprint density at radius 3 is 3.00 bits per heavy atom. The normalized spacial score (nSPS) is 25.9. The van der Waals surface area contributed by atoms with Crippen LogP contribution in [0.3, 0.4) is 0 Å². The highest BCUT2D eigenvalue weighted by atomic mass is 16.5. The lowest BCUT2D eigenvalue weighted by Crippen LogP contribution is -2.42. The topological polar surface area (TPSA) is 96.9 Å². The van der Waals surface area contributed by atoms with Crippen LogP contribution in [0.2, 0.25) is 0 Å². The Morgan fingerprint density at radius 1 is 1.63 bits per heavy atom. The molecule has 0 unspecified atom stereocenters. The van der Waals surface area contributed by atoms with Crippen LogP contribution < -0.4 is 5.48 Å². The van der Waals surface area contributed by atoms with Crippen molar-refractivity contribution in [2.45, 2.75) is 19.0 Å². The quantitative estimate of drug-likeness (QED) is 0.383. The minimum absolute atomic E-state index is 0.0169. The van der Waals surface area contributed by atoms with E-state index in [1.54, 1.807) is 23.9 Å². The van der Waals surface area contributed by atoms with Gasteiger partial charge in [0, 0.05) is 26.2 Å². The highest BCUT2D eigenvalue weighted by molar-refractivity contribution is 5.93. The number of hydrogen-bond acceptors (Lipinski definition) is 4. The van der Waals surface area contributed by atoms with E-state index in [2.05, 4.69) is 20.7 Å². The van der Waals surface area contributed by atoms with Gasteiger partial charge in [-0.2, -0.15) is 5.10 Å². The molecule has 0 saturated carbocycles. The molecule has 8 heteroatoms. The third-order valence-corrected chi connectivity index (χ3v) is 3.94. The van der Waals surface area contributed by atoms with Gasteiger partial charge < -0.3 is 9.80 Å². The Balaban J connectivity index is 2.19. The molecule has 19 heavy (non-hydrogen) atoms. The molecular formula is C11H16N6O2. The maximum absolute atomic E-state index is 12.3. The average Bonchev–Trinajstić information content (AvgIpc) is 2.90. The van der Waals surface area contributed by atoms with Gasteiger partial charge in [0.25, 0.3) is 0 Å². The van der Waals surface area contributed by atoms with Gasteiger partial charge in [-0.05, 0) is 6.92 Å². The van der Waals surface area contributed by atoms with Gasteiger partial charge in [-0.25, -0.2) is 4.79 Å². The molecule has 2 atom stereocenters. The van der Waals surface area contributed by atoms with Crippen LogP contribution in [-0.2, 0) is 0 Å². The maximum atomic E-state index is 12.3. The number of amidine groups is 1. The number of nitrogens with one attached hydrogen (secondary N) is 2. The van der Waals surface area contributed by atoms with Crippen molar-refractivity contribution in [1.29, 1.82) is 0 Å². The van der Waals surface area contributed by atoms with Crippen LogP contribution >= 0.6 is 0 Å². The Morgan fingerprint density at radius 2 is 2.37 bits per heavy atom. The first-order valence-electron chi connectivity index (χ1n) is 6.05. The predicted octanol–water partition coefficient (Wildman–Crippen LogP) is 0.188. The van der Waals surface area contributed by atoms with Crippen molar-refractivity contribution in [1.82, 2.24) is 25.5 Å². The Kier molecular flexibility index (Phi) is 2.49. The lowest BCUT2D eigenvalue weighted by molar-refractivity contribution is 0.185. The number of nitrogens with zero attached hydrogens (tertiary/aromatic N) is 4. The van der Waals surface area contributed by atoms with Crippen LogP contribution in [0.15, 0.2) is 4.99 Å². The largest absolute Gasteiger partial charge is 0.321 e. The summed E-state index contributed by atoms with van der Waals surface area (Å²) in [7, 11) is 3.34. The Hall–Kier alpha value is -2.09. The molecule has 8 nitrogen and oxygen atoms in total. The first-order chi connectivity index (χ1) is 9.10. The van der Waals surface area contributed by atoms with Crippen molar-refractivity contribution >= 4 is 11.9 Å². The monoisotopic (exact) mass is 264 g/mol. The second-order valence-corrected chi connectivity index (χ2v) is 4.82. The first-order valence-corrected chi connectivity index (χ1v) is 6.05. The van der Waals surface area contributed by atoms with Gasteiger partial charge >= 0.3 is 6.03 Å². The fourth-order valence-electron chi connectivity index (χ4n) is 2.96. The number of fused-ring (bicyclic) bond motifs is 4. The molecule has 0 spiro atoms. The highest BCUT2D eigenvalue weighted by Gasteiger charge is 2.49. The fourth-order valence-corrected chi connectivity index (χ4v) is 2.96. The molecule has 0 aliphatic carbocycles. The van der Waals surface area contributed by atoms with E-state index in [1.165, 1.54) is 0 Å². The molecule has 2 aliphatic heterocycles. The van der Waals surface area contributed by atoms with Gasteiger partial charge in [0.15, 0.2) is 0 Å². The van der Waals surface area contributed by atoms with E-state index in [0.717, 1.165) is 17.0 Å². The van der Waals surface area contributed by atoms with Crippen molar-refractivity contribution in [3.05, 3.63) is 17.0 Å². The number of aryl methyl sites for hydroxylation is 1. The zero-order valence-corrected chi connectivity index (χ0v) is 11.0. The van der Waals surface area contributed by atoms with E-state index in [0.29, 0.717) is 12.4 Å². The molecule has 102 valence electrons. The number of hydroxylamine groups is 1. The van der Waals surface area contributed by atoms with E-state index in [1.807, 2.05) is 6.92 Å². The predicted molar refractivity (Wildman–Crippen MR) is 67.0 cm³/mol. The summed E-state index contributed by atoms with van der Waals surface area (Å²) in [5.74, 6) is 0.341. The van der Waals surface area contributed by atoms with Crippen molar-refractivity contribution in [3.63, 3.8) is 0 Å². The fraction of sp³-hybridized carbons (Fsp3) is 0.545. The molecule has 1 fully saturated rings. The summed E-state index contributed by atoms with van der Waals surface area (Å²) >= 11 is 0. The zero-order valence-electron chi connectivity index (χ0n) is 11.0. The molecule has 1 aromatic heterocycles. The summed E-state index contributed by atoms with van der Waals surface area (Å²) in [6, 6.07) is -0.510. The minimum Gasteiger partial charge on any atom is -0.317 e. The van der Waals surface area contributed by atoms with Crippen molar-refractivity contribution in [2.24, 2.45) is 4.99 Å². The SMILES string of the molecule is CN=C(NO)[C@@H]1c2c(C)n[nH]c2[C@@H]2CN1C(=O)N2C. The second-order valence-electron chi connectivity index (χ2n) is 4.82. The lowest BCUT2D eigenvalue weighted by atomic mass is 9.94. The number of aromatic amines is 1. The standard InChI is InChI=1S/C11H16N6O2/c1-5-7-8(14-13-5)6-4-17(11(18)16(6)3)9(7)10(12-2)15-19/h6,9,19H,4H2,1-3H3,(H,12,15)(H,13,14)/t6-,9-/m0/s1. The molecule has 0 radical (unpaired) electrons. The Labute approximate surface area is 110 Å². The number of urea groups is 1. The number of aromatic nitrogens is 2. The average molecular weight is 264 g/mol. The van der Waals surface area contributed by atoms with E-state index < -0.39 is 6.04 Å². The summed E-state index contributed by atoms with van der Waals surface area (Å²) in [6.07, 6.45) is 0. The van der Waals surface area contributed by atoms with Gasteiger partial charge in [0.05, 0.1) is 17.4 Å². The van der Waals surface area contributed by atoms with Crippen LogP contribution in [0, 0.1) is 6.92 Å². The summed E-state index contributed by atoms with van der Waals surface area (Å²) in [4.78, 5) is 19.7. The molecule has 0 aromatic carbocycles. The van der Waals surface area contributed by atoms with Gasteiger partial charge in [0.1, 0.15) is 11.9 Å². The molecule has 2 aliphatic rings. The third kappa shape index (κ3) is 1.40. The molecule has 2 amide bonds. The molecule has 3 rings (SSSR count). The van der Waals surface area contributed by atoms with E-state index >= 15 is 0 Å². The summed E-state index contributed by atoms with van der Waals surface area (Å²) < 4.78 is 0. The number of amides is 2. The second kappa shape index (κ2) is 3.95. The minimum atomic E-state index is -0.419. The number of carbonyl (C=O) groups is 1. The van der Waals surface area contributed by atoms with Gasteiger partial charge in [-0.3, -0.25) is 20.8 Å². The van der Waals surface area contributed by atoms with Crippen molar-refractivity contribution in [2.75, 3.05) is 20.6 Å². The molecule has 1 aromatic rings. The number of hydrogen-bond donors (Lipinski definition) is 3. The van der Waals surface area contributed by atoms with Crippen molar-refractivity contribution in [3.8, 4) is 0 Å². The summed E-state index contributed by atoms with van der Waals surface area (Å²) in [5, 5.41) is 16.5. The third-order valence-electron chi connectivity index (χ3n) is 3.94. The zero-order chi connectivity index (χ0) is 13.7. The molecule has 3 N–H and O–H groups in total. The van der Waals surface area contributed by atoms with Crippen LogP contribution in [0.25, 0.3) is 0 Å². The molecule has 2 bridgehead atoms. The van der Waals surface area contributed by atoms with Crippen LogP contribution in [0.1, 0.15) is 29.0 Å². The van der Waals surface area contributed by atoms with Crippen LogP contribution in [-0.4, -0.2) is 57.7 Å². The van der Waals surface area contributed by atoms with Crippen LogP contribution in [0.4, 0.5) is 4.79 Å². The number of likely N-dealkylation sites (N-methyl/N-ethyl adjacent to an activating group) is 1. The van der Waals surface area contributed by atoms with Gasteiger partial charge in [0.2, 0.25) is 0 Å². The van der Waals surface area contributed by atoms with E-state index in [-0.39, 0.29) is 12.1 Å². The molecule has 3 heterocycles. The van der Waals surface area contributed by atoms with E-state index in [4.69, 9.17) is 0 Å². The number of H-pyrrole nitrogens is 1.